The summed E-state index contributed by atoms with van der Waals surface area (Å²) in [5, 5.41) is 3.42. The standard InChI is InChI=1S/C22H38N6O3/c1-5-23-21(27-11-13-28(14-12-27)22(29)30-6-2)24-15-19-7-9-26(10-8-19)16-20-25-17(3)18(4)31-20/h19H,5-16H2,1-4H3,(H,23,24). The SMILES string of the molecule is CCNC(=NCC1CCN(Cc2nc(C)c(C)o2)CC1)N1CCN(C(=O)OCC)CC1. The summed E-state index contributed by atoms with van der Waals surface area (Å²) in [6.07, 6.45) is 2.06. The Morgan fingerprint density at radius 3 is 2.39 bits per heavy atom. The third kappa shape index (κ3) is 6.59. The van der Waals surface area contributed by atoms with Crippen molar-refractivity contribution in [1.29, 1.82) is 0 Å². The van der Waals surface area contributed by atoms with Gasteiger partial charge in [0.2, 0.25) is 5.89 Å². The first-order valence-electron chi connectivity index (χ1n) is 11.6. The number of carbonyl (C=O) groups excluding carboxylic acids is 1. The number of hydrogen-bond acceptors (Lipinski definition) is 6. The molecule has 1 N–H and O–H groups in total. The van der Waals surface area contributed by atoms with Crippen molar-refractivity contribution >= 4 is 12.1 Å². The van der Waals surface area contributed by atoms with Gasteiger partial charge in [0, 0.05) is 39.3 Å². The smallest absolute Gasteiger partial charge is 0.409 e. The summed E-state index contributed by atoms with van der Waals surface area (Å²) in [7, 11) is 0. The number of carbonyl (C=O) groups is 1. The Morgan fingerprint density at radius 1 is 1.13 bits per heavy atom. The van der Waals surface area contributed by atoms with Crippen molar-refractivity contribution < 1.29 is 13.9 Å². The number of oxazole rings is 1. The van der Waals surface area contributed by atoms with Gasteiger partial charge in [0.15, 0.2) is 5.96 Å². The summed E-state index contributed by atoms with van der Waals surface area (Å²) in [5.41, 5.74) is 0.985. The molecule has 0 radical (unpaired) electrons. The maximum atomic E-state index is 11.9. The van der Waals surface area contributed by atoms with Gasteiger partial charge >= 0.3 is 6.09 Å². The predicted molar refractivity (Wildman–Crippen MR) is 120 cm³/mol. The van der Waals surface area contributed by atoms with E-state index in [0.717, 1.165) is 82.0 Å². The van der Waals surface area contributed by atoms with Crippen molar-refractivity contribution in [2.24, 2.45) is 10.9 Å². The number of ether oxygens (including phenoxy) is 1. The fourth-order valence-corrected chi connectivity index (χ4v) is 4.08. The minimum Gasteiger partial charge on any atom is -0.450 e. The summed E-state index contributed by atoms with van der Waals surface area (Å²) in [6.45, 7) is 15.8. The molecular weight excluding hydrogens is 396 g/mol. The Kier molecular flexibility index (Phi) is 8.57. The van der Waals surface area contributed by atoms with Gasteiger partial charge in [-0.3, -0.25) is 9.89 Å². The maximum Gasteiger partial charge on any atom is 0.409 e. The fourth-order valence-electron chi connectivity index (χ4n) is 4.08. The van der Waals surface area contributed by atoms with E-state index in [1.165, 1.54) is 0 Å². The molecule has 0 aromatic carbocycles. The normalized spacial score (nSPS) is 19.0. The molecule has 1 amide bonds. The van der Waals surface area contributed by atoms with Crippen molar-refractivity contribution in [2.45, 2.75) is 47.1 Å². The first-order chi connectivity index (χ1) is 15.0. The van der Waals surface area contributed by atoms with Gasteiger partial charge in [-0.15, -0.1) is 0 Å². The lowest BCUT2D eigenvalue weighted by atomic mass is 9.97. The van der Waals surface area contributed by atoms with Crippen LogP contribution in [-0.2, 0) is 11.3 Å². The molecule has 31 heavy (non-hydrogen) atoms. The molecule has 2 saturated heterocycles. The number of aromatic nitrogens is 1. The van der Waals surface area contributed by atoms with E-state index in [9.17, 15) is 4.79 Å². The average molecular weight is 435 g/mol. The number of aliphatic imine (C=N–C) groups is 1. The molecule has 9 heteroatoms. The Balaban J connectivity index is 1.45. The molecule has 174 valence electrons. The Labute approximate surface area is 185 Å². The van der Waals surface area contributed by atoms with Gasteiger partial charge < -0.3 is 24.3 Å². The zero-order valence-corrected chi connectivity index (χ0v) is 19.5. The minimum absolute atomic E-state index is 0.217. The lowest BCUT2D eigenvalue weighted by Gasteiger charge is -2.36. The highest BCUT2D eigenvalue weighted by Crippen LogP contribution is 2.20. The molecule has 0 saturated carbocycles. The molecule has 2 fully saturated rings. The van der Waals surface area contributed by atoms with Crippen LogP contribution in [0.3, 0.4) is 0 Å². The number of nitrogens with one attached hydrogen (secondary N) is 1. The summed E-state index contributed by atoms with van der Waals surface area (Å²) in [4.78, 5) is 27.8. The van der Waals surface area contributed by atoms with Crippen molar-refractivity contribution in [3.63, 3.8) is 0 Å². The van der Waals surface area contributed by atoms with E-state index in [1.54, 1.807) is 4.90 Å². The highest BCUT2D eigenvalue weighted by atomic mass is 16.6. The maximum absolute atomic E-state index is 11.9. The summed E-state index contributed by atoms with van der Waals surface area (Å²) < 4.78 is 10.8. The number of piperazine rings is 1. The number of amides is 1. The van der Waals surface area contributed by atoms with E-state index in [4.69, 9.17) is 14.1 Å². The van der Waals surface area contributed by atoms with E-state index in [1.807, 2.05) is 20.8 Å². The first-order valence-corrected chi connectivity index (χ1v) is 11.6. The molecule has 0 unspecified atom stereocenters. The van der Waals surface area contributed by atoms with Crippen molar-refractivity contribution in [2.75, 3.05) is 59.0 Å². The molecule has 2 aliphatic heterocycles. The van der Waals surface area contributed by atoms with E-state index >= 15 is 0 Å². The summed E-state index contributed by atoms with van der Waals surface area (Å²) in [6, 6.07) is 0. The van der Waals surface area contributed by atoms with Gasteiger partial charge in [-0.25, -0.2) is 9.78 Å². The highest BCUT2D eigenvalue weighted by molar-refractivity contribution is 5.80. The zero-order valence-electron chi connectivity index (χ0n) is 19.5. The molecule has 2 aliphatic rings. The van der Waals surface area contributed by atoms with Crippen LogP contribution in [0.1, 0.15) is 44.0 Å². The summed E-state index contributed by atoms with van der Waals surface area (Å²) in [5.74, 6) is 3.29. The monoisotopic (exact) mass is 434 g/mol. The number of hydrogen-bond donors (Lipinski definition) is 1. The third-order valence-electron chi connectivity index (χ3n) is 6.08. The molecule has 3 rings (SSSR count). The second-order valence-electron chi connectivity index (χ2n) is 8.34. The van der Waals surface area contributed by atoms with Gasteiger partial charge in [0.1, 0.15) is 5.76 Å². The van der Waals surface area contributed by atoms with E-state index < -0.39 is 0 Å². The van der Waals surface area contributed by atoms with Gasteiger partial charge in [-0.1, -0.05) is 0 Å². The highest BCUT2D eigenvalue weighted by Gasteiger charge is 2.25. The van der Waals surface area contributed by atoms with Crippen molar-refractivity contribution in [3.05, 3.63) is 17.3 Å². The van der Waals surface area contributed by atoms with Crippen LogP contribution in [-0.4, -0.2) is 90.7 Å². The molecule has 1 aromatic rings. The molecule has 0 atom stereocenters. The Hall–Kier alpha value is -2.29. The van der Waals surface area contributed by atoms with Gasteiger partial charge in [-0.05, 0) is 59.5 Å². The van der Waals surface area contributed by atoms with Gasteiger partial charge in [0.25, 0.3) is 0 Å². The molecular formula is C22H38N6O3. The van der Waals surface area contributed by atoms with Crippen molar-refractivity contribution in [1.82, 2.24) is 25.0 Å². The van der Waals surface area contributed by atoms with Crippen LogP contribution in [0, 0.1) is 19.8 Å². The lowest BCUT2D eigenvalue weighted by molar-refractivity contribution is 0.0914. The van der Waals surface area contributed by atoms with Gasteiger partial charge in [0.05, 0.1) is 18.8 Å². The number of aryl methyl sites for hydroxylation is 2. The van der Waals surface area contributed by atoms with Gasteiger partial charge in [-0.2, -0.15) is 0 Å². The third-order valence-corrected chi connectivity index (χ3v) is 6.08. The molecule has 0 bridgehead atoms. The lowest BCUT2D eigenvalue weighted by Crippen LogP contribution is -2.54. The largest absolute Gasteiger partial charge is 0.450 e. The van der Waals surface area contributed by atoms with Crippen LogP contribution >= 0.6 is 0 Å². The second-order valence-corrected chi connectivity index (χ2v) is 8.34. The van der Waals surface area contributed by atoms with Crippen LogP contribution in [0.5, 0.6) is 0 Å². The Morgan fingerprint density at radius 2 is 1.81 bits per heavy atom. The van der Waals surface area contributed by atoms with Crippen LogP contribution in [0.15, 0.2) is 9.41 Å². The fraction of sp³-hybridized carbons (Fsp3) is 0.773. The number of guanidine groups is 1. The van der Waals surface area contributed by atoms with Crippen molar-refractivity contribution in [3.8, 4) is 0 Å². The average Bonchev–Trinajstić information content (AvgIpc) is 3.09. The zero-order chi connectivity index (χ0) is 22.2. The van der Waals surface area contributed by atoms with Crippen LogP contribution in [0.25, 0.3) is 0 Å². The number of nitrogens with zero attached hydrogens (tertiary/aromatic N) is 5. The topological polar surface area (TPSA) is 86.4 Å². The second kappa shape index (κ2) is 11.4. The first kappa shape index (κ1) is 23.4. The van der Waals surface area contributed by atoms with Crippen LogP contribution < -0.4 is 5.32 Å². The molecule has 0 aliphatic carbocycles. The Bertz CT molecular complexity index is 714. The van der Waals surface area contributed by atoms with Crippen LogP contribution in [0.2, 0.25) is 0 Å². The molecule has 3 heterocycles. The van der Waals surface area contributed by atoms with Crippen LogP contribution in [0.4, 0.5) is 4.79 Å². The number of rotatable bonds is 6. The number of likely N-dealkylation sites (tertiary alicyclic amines) is 1. The van der Waals surface area contributed by atoms with E-state index in [0.29, 0.717) is 25.6 Å². The van der Waals surface area contributed by atoms with E-state index in [2.05, 4.69) is 27.0 Å². The number of piperidine rings is 1. The minimum atomic E-state index is -0.217. The van der Waals surface area contributed by atoms with E-state index in [-0.39, 0.29) is 6.09 Å². The quantitative estimate of drug-likeness (QED) is 0.543. The molecule has 1 aromatic heterocycles. The predicted octanol–water partition coefficient (Wildman–Crippen LogP) is 2.24. The molecule has 0 spiro atoms. The summed E-state index contributed by atoms with van der Waals surface area (Å²) >= 11 is 0. The molecule has 9 nitrogen and oxygen atoms in total.